The molecule has 1 atom stereocenters. The second-order valence-electron chi connectivity index (χ2n) is 4.25. The number of ether oxygens (including phenoxy) is 1. The van der Waals surface area contributed by atoms with Gasteiger partial charge >= 0.3 is 6.09 Å². The highest BCUT2D eigenvalue weighted by Gasteiger charge is 2.12. The first-order valence-corrected chi connectivity index (χ1v) is 5.84. The lowest BCUT2D eigenvalue weighted by Gasteiger charge is -2.16. The topological polar surface area (TPSA) is 58.6 Å². The van der Waals surface area contributed by atoms with E-state index in [2.05, 4.69) is 11.9 Å². The molecule has 1 rings (SSSR count). The van der Waals surface area contributed by atoms with E-state index in [-0.39, 0.29) is 19.3 Å². The number of nitrogens with one attached hydrogen (secondary N) is 1. The number of carbonyl (C=O) groups excluding carboxylic acids is 1. The molecule has 0 fully saturated rings. The molecule has 0 spiro atoms. The summed E-state index contributed by atoms with van der Waals surface area (Å²) in [5.74, 6) is 0. The van der Waals surface area contributed by atoms with Gasteiger partial charge in [-0.05, 0) is 18.9 Å². The van der Waals surface area contributed by atoms with Crippen molar-refractivity contribution in [1.29, 1.82) is 0 Å². The SMILES string of the molecule is C=C(C)C[C@H](CO)NC(=O)OCc1ccccc1. The molecule has 1 aromatic carbocycles. The number of hydrogen-bond donors (Lipinski definition) is 2. The first kappa shape index (κ1) is 14.3. The minimum atomic E-state index is -0.529. The molecule has 0 aliphatic carbocycles. The monoisotopic (exact) mass is 249 g/mol. The average Bonchev–Trinajstić information content (AvgIpc) is 2.36. The highest BCUT2D eigenvalue weighted by atomic mass is 16.5. The highest BCUT2D eigenvalue weighted by molar-refractivity contribution is 5.67. The lowest BCUT2D eigenvalue weighted by atomic mass is 10.1. The van der Waals surface area contributed by atoms with Gasteiger partial charge in [0.05, 0.1) is 12.6 Å². The van der Waals surface area contributed by atoms with Crippen molar-refractivity contribution < 1.29 is 14.6 Å². The fourth-order valence-corrected chi connectivity index (χ4v) is 1.51. The van der Waals surface area contributed by atoms with Gasteiger partial charge in [0.2, 0.25) is 0 Å². The Hall–Kier alpha value is -1.81. The maximum absolute atomic E-state index is 11.5. The molecule has 1 aromatic rings. The fraction of sp³-hybridized carbons (Fsp3) is 0.357. The highest BCUT2D eigenvalue weighted by Crippen LogP contribution is 2.03. The Labute approximate surface area is 107 Å². The van der Waals surface area contributed by atoms with Crippen molar-refractivity contribution >= 4 is 6.09 Å². The second kappa shape index (κ2) is 7.50. The minimum Gasteiger partial charge on any atom is -0.445 e. The Morgan fingerprint density at radius 3 is 2.67 bits per heavy atom. The van der Waals surface area contributed by atoms with Crippen molar-refractivity contribution in [1.82, 2.24) is 5.32 Å². The minimum absolute atomic E-state index is 0.132. The van der Waals surface area contributed by atoms with E-state index in [0.717, 1.165) is 11.1 Å². The Balaban J connectivity index is 2.34. The van der Waals surface area contributed by atoms with Crippen LogP contribution in [0.5, 0.6) is 0 Å². The Kier molecular flexibility index (Phi) is 5.94. The van der Waals surface area contributed by atoms with Crippen LogP contribution < -0.4 is 5.32 Å². The third-order valence-corrected chi connectivity index (χ3v) is 2.35. The van der Waals surface area contributed by atoms with E-state index >= 15 is 0 Å². The van der Waals surface area contributed by atoms with Crippen LogP contribution in [-0.2, 0) is 11.3 Å². The lowest BCUT2D eigenvalue weighted by molar-refractivity contribution is 0.129. The molecule has 0 saturated carbocycles. The van der Waals surface area contributed by atoms with E-state index < -0.39 is 6.09 Å². The molecule has 0 aliphatic rings. The second-order valence-corrected chi connectivity index (χ2v) is 4.25. The van der Waals surface area contributed by atoms with Gasteiger partial charge in [0, 0.05) is 0 Å². The van der Waals surface area contributed by atoms with Gasteiger partial charge in [0.1, 0.15) is 6.61 Å². The van der Waals surface area contributed by atoms with Crippen LogP contribution in [0.3, 0.4) is 0 Å². The van der Waals surface area contributed by atoms with Gasteiger partial charge in [-0.1, -0.05) is 35.9 Å². The number of carbonyl (C=O) groups is 1. The van der Waals surface area contributed by atoms with Crippen LogP contribution in [0, 0.1) is 0 Å². The number of aliphatic hydroxyl groups excluding tert-OH is 1. The first-order valence-electron chi connectivity index (χ1n) is 5.84. The van der Waals surface area contributed by atoms with E-state index in [1.807, 2.05) is 37.3 Å². The summed E-state index contributed by atoms with van der Waals surface area (Å²) in [6, 6.07) is 9.08. The molecule has 1 amide bonds. The van der Waals surface area contributed by atoms with Gasteiger partial charge in [-0.3, -0.25) is 0 Å². The zero-order chi connectivity index (χ0) is 13.4. The molecule has 0 saturated heterocycles. The summed E-state index contributed by atoms with van der Waals surface area (Å²) in [5.41, 5.74) is 1.82. The van der Waals surface area contributed by atoms with Crippen LogP contribution in [0.4, 0.5) is 4.79 Å². The largest absolute Gasteiger partial charge is 0.445 e. The molecule has 0 heterocycles. The molecule has 0 aliphatic heterocycles. The smallest absolute Gasteiger partial charge is 0.407 e. The average molecular weight is 249 g/mol. The maximum atomic E-state index is 11.5. The summed E-state index contributed by atoms with van der Waals surface area (Å²) < 4.78 is 5.05. The third kappa shape index (κ3) is 5.50. The molecule has 4 nitrogen and oxygen atoms in total. The predicted octanol–water partition coefficient (Wildman–Crippen LogP) is 2.24. The number of aliphatic hydroxyl groups is 1. The van der Waals surface area contributed by atoms with Crippen molar-refractivity contribution in [2.24, 2.45) is 0 Å². The number of amides is 1. The van der Waals surface area contributed by atoms with Crippen LogP contribution in [0.25, 0.3) is 0 Å². The Morgan fingerprint density at radius 2 is 2.11 bits per heavy atom. The number of hydrogen-bond acceptors (Lipinski definition) is 3. The van der Waals surface area contributed by atoms with Crippen LogP contribution >= 0.6 is 0 Å². The van der Waals surface area contributed by atoms with Crippen molar-refractivity contribution in [2.45, 2.75) is 26.0 Å². The number of alkyl carbamates (subject to hydrolysis) is 1. The van der Waals surface area contributed by atoms with Gasteiger partial charge in [0.15, 0.2) is 0 Å². The summed E-state index contributed by atoms with van der Waals surface area (Å²) in [7, 11) is 0. The standard InChI is InChI=1S/C14H19NO3/c1-11(2)8-13(9-16)15-14(17)18-10-12-6-4-3-5-7-12/h3-7,13,16H,1,8-10H2,2H3,(H,15,17)/t13-/m1/s1. The van der Waals surface area contributed by atoms with E-state index in [9.17, 15) is 4.79 Å². The van der Waals surface area contributed by atoms with Gasteiger partial charge < -0.3 is 15.2 Å². The van der Waals surface area contributed by atoms with Crippen LogP contribution in [0.15, 0.2) is 42.5 Å². The molecular weight excluding hydrogens is 230 g/mol. The van der Waals surface area contributed by atoms with Gasteiger partial charge in [-0.15, -0.1) is 6.58 Å². The van der Waals surface area contributed by atoms with Gasteiger partial charge in [0.25, 0.3) is 0 Å². The molecule has 18 heavy (non-hydrogen) atoms. The predicted molar refractivity (Wildman–Crippen MR) is 70.1 cm³/mol. The number of rotatable bonds is 6. The van der Waals surface area contributed by atoms with Crippen LogP contribution in [0.1, 0.15) is 18.9 Å². The lowest BCUT2D eigenvalue weighted by Crippen LogP contribution is -2.37. The third-order valence-electron chi connectivity index (χ3n) is 2.35. The van der Waals surface area contributed by atoms with Crippen LogP contribution in [0.2, 0.25) is 0 Å². The van der Waals surface area contributed by atoms with E-state index in [4.69, 9.17) is 9.84 Å². The molecular formula is C14H19NO3. The van der Waals surface area contributed by atoms with Crippen molar-refractivity contribution in [3.05, 3.63) is 48.0 Å². The van der Waals surface area contributed by atoms with Crippen molar-refractivity contribution in [2.75, 3.05) is 6.61 Å². The van der Waals surface area contributed by atoms with E-state index in [1.54, 1.807) is 0 Å². The molecule has 0 unspecified atom stereocenters. The number of benzene rings is 1. The molecule has 4 heteroatoms. The van der Waals surface area contributed by atoms with E-state index in [0.29, 0.717) is 6.42 Å². The van der Waals surface area contributed by atoms with Gasteiger partial charge in [-0.2, -0.15) is 0 Å². The Bertz CT molecular complexity index is 389. The molecule has 98 valence electrons. The Morgan fingerprint density at radius 1 is 1.44 bits per heavy atom. The zero-order valence-electron chi connectivity index (χ0n) is 10.6. The molecule has 0 bridgehead atoms. The zero-order valence-corrected chi connectivity index (χ0v) is 10.6. The first-order chi connectivity index (χ1) is 8.61. The summed E-state index contributed by atoms with van der Waals surface area (Å²) in [6.07, 6.45) is 0.0101. The summed E-state index contributed by atoms with van der Waals surface area (Å²) >= 11 is 0. The molecule has 0 aromatic heterocycles. The van der Waals surface area contributed by atoms with Gasteiger partial charge in [-0.25, -0.2) is 4.79 Å². The summed E-state index contributed by atoms with van der Waals surface area (Å²) in [6.45, 7) is 5.68. The fourth-order valence-electron chi connectivity index (χ4n) is 1.51. The van der Waals surface area contributed by atoms with Crippen LogP contribution in [-0.4, -0.2) is 23.8 Å². The van der Waals surface area contributed by atoms with Crippen molar-refractivity contribution in [3.63, 3.8) is 0 Å². The summed E-state index contributed by atoms with van der Waals surface area (Å²) in [5, 5.41) is 11.7. The quantitative estimate of drug-likeness (QED) is 0.760. The summed E-state index contributed by atoms with van der Waals surface area (Å²) in [4.78, 5) is 11.5. The molecule has 0 radical (unpaired) electrons. The van der Waals surface area contributed by atoms with E-state index in [1.165, 1.54) is 0 Å². The van der Waals surface area contributed by atoms with Crippen molar-refractivity contribution in [3.8, 4) is 0 Å². The molecule has 2 N–H and O–H groups in total. The normalized spacial score (nSPS) is 11.7. The maximum Gasteiger partial charge on any atom is 0.407 e.